The molecule has 0 saturated carbocycles. The molecular weight excluding hydrogens is 160 g/mol. The molecule has 0 amide bonds. The van der Waals surface area contributed by atoms with E-state index in [9.17, 15) is 0 Å². The summed E-state index contributed by atoms with van der Waals surface area (Å²) in [7, 11) is 0. The minimum absolute atomic E-state index is 0.152. The highest BCUT2D eigenvalue weighted by molar-refractivity contribution is 4.47. The van der Waals surface area contributed by atoms with Gasteiger partial charge in [0.2, 0.25) is 0 Å². The van der Waals surface area contributed by atoms with Crippen molar-refractivity contribution < 1.29 is 19.7 Å². The van der Waals surface area contributed by atoms with Gasteiger partial charge in [-0.3, -0.25) is 0 Å². The minimum Gasteiger partial charge on any atom is -0.396 e. The first-order valence-electron chi connectivity index (χ1n) is 4.14. The zero-order valence-electron chi connectivity index (χ0n) is 7.24. The van der Waals surface area contributed by atoms with Gasteiger partial charge in [0.05, 0.1) is 6.61 Å². The molecule has 0 bridgehead atoms. The molecule has 0 saturated heterocycles. The van der Waals surface area contributed by atoms with Gasteiger partial charge in [0.25, 0.3) is 0 Å². The monoisotopic (exact) mass is 177 g/mol. The second-order valence-corrected chi connectivity index (χ2v) is 2.27. The van der Waals surface area contributed by atoms with Crippen LogP contribution in [0.3, 0.4) is 0 Å². The molecule has 0 aromatic carbocycles. The van der Waals surface area contributed by atoms with Crippen LogP contribution in [0.5, 0.6) is 0 Å². The van der Waals surface area contributed by atoms with E-state index in [2.05, 4.69) is 0 Å². The van der Waals surface area contributed by atoms with E-state index in [1.54, 1.807) is 6.61 Å². The van der Waals surface area contributed by atoms with Crippen LogP contribution in [0.1, 0.15) is 12.8 Å². The van der Waals surface area contributed by atoms with E-state index in [4.69, 9.17) is 19.7 Å². The first kappa shape index (κ1) is 11.8. The largest absolute Gasteiger partial charge is 0.396 e. The Bertz CT molecular complexity index is 67.5. The molecule has 0 unspecified atom stereocenters. The normalized spacial score (nSPS) is 10.5. The third-order valence-corrected chi connectivity index (χ3v) is 1.17. The van der Waals surface area contributed by atoms with Crippen molar-refractivity contribution in [2.75, 3.05) is 33.0 Å². The summed E-state index contributed by atoms with van der Waals surface area (Å²) in [6.45, 7) is 3.39. The average Bonchev–Trinajstić information content (AvgIpc) is 2.10. The molecule has 1 radical (unpaired) electrons. The number of ether oxygens (including phenoxy) is 2. The molecule has 12 heavy (non-hydrogen) atoms. The summed E-state index contributed by atoms with van der Waals surface area (Å²) in [6.07, 6.45) is 1.30. The summed E-state index contributed by atoms with van der Waals surface area (Å²) in [5.41, 5.74) is 0. The molecule has 73 valence electrons. The van der Waals surface area contributed by atoms with Crippen LogP contribution in [-0.4, -0.2) is 43.2 Å². The quantitative estimate of drug-likeness (QED) is 0.485. The summed E-state index contributed by atoms with van der Waals surface area (Å²) in [4.78, 5) is 0. The maximum Gasteiger partial charge on any atom is 0.109 e. The van der Waals surface area contributed by atoms with E-state index in [1.165, 1.54) is 0 Å². The third kappa shape index (κ3) is 9.84. The maximum absolute atomic E-state index is 8.39. The molecule has 0 aliphatic carbocycles. The molecule has 4 heteroatoms. The lowest BCUT2D eigenvalue weighted by Gasteiger charge is -2.02. The Labute approximate surface area is 73.1 Å². The second kappa shape index (κ2) is 10.8. The van der Waals surface area contributed by atoms with Crippen LogP contribution in [-0.2, 0) is 9.47 Å². The highest BCUT2D eigenvalue weighted by Crippen LogP contribution is 1.88. The molecule has 4 nitrogen and oxygen atoms in total. The van der Waals surface area contributed by atoms with E-state index in [0.717, 1.165) is 0 Å². The molecule has 0 aliphatic rings. The van der Waals surface area contributed by atoms with Crippen molar-refractivity contribution in [1.29, 1.82) is 0 Å². The summed E-state index contributed by atoms with van der Waals surface area (Å²) < 4.78 is 10.0. The van der Waals surface area contributed by atoms with Gasteiger partial charge in [-0.05, 0) is 12.8 Å². The van der Waals surface area contributed by atoms with E-state index in [-0.39, 0.29) is 13.2 Å². The molecule has 0 aromatic rings. The molecule has 0 fully saturated rings. The fourth-order valence-electron chi connectivity index (χ4n) is 0.577. The van der Waals surface area contributed by atoms with Crippen LogP contribution < -0.4 is 0 Å². The van der Waals surface area contributed by atoms with Gasteiger partial charge in [-0.1, -0.05) is 0 Å². The van der Waals surface area contributed by atoms with E-state index >= 15 is 0 Å². The van der Waals surface area contributed by atoms with Gasteiger partial charge in [-0.15, -0.1) is 0 Å². The number of hydrogen-bond donors (Lipinski definition) is 2. The van der Waals surface area contributed by atoms with Crippen LogP contribution in [0.25, 0.3) is 0 Å². The SMILES string of the molecule is OCCCO[CH]COCCCO. The van der Waals surface area contributed by atoms with Crippen LogP contribution in [0.2, 0.25) is 0 Å². The minimum atomic E-state index is 0.152. The first-order chi connectivity index (χ1) is 5.91. The number of aliphatic hydroxyl groups excluding tert-OH is 2. The van der Waals surface area contributed by atoms with E-state index in [1.807, 2.05) is 0 Å². The molecule has 0 aliphatic heterocycles. The fourth-order valence-corrected chi connectivity index (χ4v) is 0.577. The molecule has 0 atom stereocenters. The predicted molar refractivity (Wildman–Crippen MR) is 44.5 cm³/mol. The van der Waals surface area contributed by atoms with Gasteiger partial charge in [-0.2, -0.15) is 0 Å². The smallest absolute Gasteiger partial charge is 0.109 e. The molecular formula is C8H17O4. The molecule has 2 N–H and O–H groups in total. The molecule has 0 heterocycles. The van der Waals surface area contributed by atoms with Crippen molar-refractivity contribution in [3.05, 3.63) is 6.61 Å². The molecule has 0 spiro atoms. The highest BCUT2D eigenvalue weighted by Gasteiger charge is 1.90. The zero-order chi connectivity index (χ0) is 9.07. The number of aliphatic hydroxyl groups is 2. The highest BCUT2D eigenvalue weighted by atomic mass is 16.5. The summed E-state index contributed by atoms with van der Waals surface area (Å²) in [5, 5.41) is 16.8. The van der Waals surface area contributed by atoms with E-state index < -0.39 is 0 Å². The van der Waals surface area contributed by atoms with Gasteiger partial charge in [0.1, 0.15) is 6.61 Å². The van der Waals surface area contributed by atoms with Crippen molar-refractivity contribution in [3.8, 4) is 0 Å². The van der Waals surface area contributed by atoms with Crippen molar-refractivity contribution in [2.24, 2.45) is 0 Å². The average molecular weight is 177 g/mol. The summed E-state index contributed by atoms with van der Waals surface area (Å²) in [6, 6.07) is 0. The van der Waals surface area contributed by atoms with Crippen molar-refractivity contribution in [2.45, 2.75) is 12.8 Å². The van der Waals surface area contributed by atoms with Gasteiger partial charge in [0, 0.05) is 26.4 Å². The Hall–Kier alpha value is -0.160. The first-order valence-corrected chi connectivity index (χ1v) is 4.14. The predicted octanol–water partition coefficient (Wildman–Crippen LogP) is -0.0538. The topological polar surface area (TPSA) is 58.9 Å². The third-order valence-electron chi connectivity index (χ3n) is 1.17. The van der Waals surface area contributed by atoms with Crippen LogP contribution in [0, 0.1) is 6.61 Å². The van der Waals surface area contributed by atoms with Gasteiger partial charge < -0.3 is 19.7 Å². The van der Waals surface area contributed by atoms with Crippen LogP contribution >= 0.6 is 0 Å². The van der Waals surface area contributed by atoms with Gasteiger partial charge in [-0.25, -0.2) is 0 Å². The Balaban J connectivity index is 2.73. The molecule has 0 aromatic heterocycles. The van der Waals surface area contributed by atoms with Crippen molar-refractivity contribution in [3.63, 3.8) is 0 Å². The fraction of sp³-hybridized carbons (Fsp3) is 0.875. The zero-order valence-corrected chi connectivity index (χ0v) is 7.24. The Morgan fingerprint density at radius 2 is 1.67 bits per heavy atom. The standard InChI is InChI=1S/C8H17O4/c9-3-1-5-11-7-8-12-6-2-4-10/h7,9-10H,1-6,8H2. The van der Waals surface area contributed by atoms with Gasteiger partial charge >= 0.3 is 0 Å². The number of rotatable bonds is 9. The Morgan fingerprint density at radius 1 is 1.00 bits per heavy atom. The number of hydrogen-bond acceptors (Lipinski definition) is 4. The van der Waals surface area contributed by atoms with E-state index in [0.29, 0.717) is 32.7 Å². The lowest BCUT2D eigenvalue weighted by Crippen LogP contribution is -2.03. The maximum atomic E-state index is 8.39. The second-order valence-electron chi connectivity index (χ2n) is 2.27. The summed E-state index contributed by atoms with van der Waals surface area (Å²) in [5.74, 6) is 0. The lowest BCUT2D eigenvalue weighted by molar-refractivity contribution is 0.0768. The lowest BCUT2D eigenvalue weighted by atomic mass is 10.5. The molecule has 0 rings (SSSR count). The van der Waals surface area contributed by atoms with Crippen LogP contribution in [0.15, 0.2) is 0 Å². The summed E-state index contributed by atoms with van der Waals surface area (Å²) >= 11 is 0. The Kier molecular flexibility index (Phi) is 10.7. The van der Waals surface area contributed by atoms with Crippen molar-refractivity contribution in [1.82, 2.24) is 0 Å². The van der Waals surface area contributed by atoms with Gasteiger partial charge in [0.15, 0.2) is 0 Å². The van der Waals surface area contributed by atoms with Crippen molar-refractivity contribution >= 4 is 0 Å². The van der Waals surface area contributed by atoms with Crippen LogP contribution in [0.4, 0.5) is 0 Å². The Morgan fingerprint density at radius 3 is 2.33 bits per heavy atom.